The molecule has 0 aromatic heterocycles. The van der Waals surface area contributed by atoms with Crippen molar-refractivity contribution in [2.75, 3.05) is 39.6 Å². The van der Waals surface area contributed by atoms with Crippen molar-refractivity contribution in [3.05, 3.63) is 59.7 Å². The molecule has 1 fully saturated rings. The van der Waals surface area contributed by atoms with Crippen molar-refractivity contribution in [2.24, 2.45) is 0 Å². The predicted molar refractivity (Wildman–Crippen MR) is 121 cm³/mol. The maximum absolute atomic E-state index is 13.0. The Bertz CT molecular complexity index is 886. The van der Waals surface area contributed by atoms with E-state index in [9.17, 15) is 4.79 Å². The van der Waals surface area contributed by atoms with Crippen LogP contribution in [0.25, 0.3) is 0 Å². The van der Waals surface area contributed by atoms with E-state index in [1.165, 1.54) is 5.56 Å². The molecule has 4 rings (SSSR count). The number of rotatable bonds is 3. The van der Waals surface area contributed by atoms with E-state index in [-0.39, 0.29) is 17.6 Å². The number of para-hydroxylation sites is 1. The van der Waals surface area contributed by atoms with E-state index in [1.807, 2.05) is 55.2 Å². The molecule has 2 aliphatic rings. The van der Waals surface area contributed by atoms with Crippen molar-refractivity contribution in [1.82, 2.24) is 9.80 Å². The first-order valence-electron chi connectivity index (χ1n) is 10.9. The fourth-order valence-electron chi connectivity index (χ4n) is 4.89. The van der Waals surface area contributed by atoms with Crippen molar-refractivity contribution in [1.29, 1.82) is 0 Å². The molecule has 0 atom stereocenters. The van der Waals surface area contributed by atoms with Gasteiger partial charge in [0.2, 0.25) is 0 Å². The summed E-state index contributed by atoms with van der Waals surface area (Å²) in [4.78, 5) is 19.4. The number of amides is 1. The fourth-order valence-corrected chi connectivity index (χ4v) is 4.89. The van der Waals surface area contributed by atoms with Gasteiger partial charge in [0.25, 0.3) is 5.91 Å². The third-order valence-corrected chi connectivity index (χ3v) is 6.66. The summed E-state index contributed by atoms with van der Waals surface area (Å²) in [5.74, 6) is 1.12. The van der Waals surface area contributed by atoms with E-state index in [0.717, 1.165) is 55.8 Å². The molecule has 1 spiro atoms. The van der Waals surface area contributed by atoms with Crippen LogP contribution in [0.2, 0.25) is 0 Å². The fraction of sp³-hybridized carbons (Fsp3) is 0.480. The van der Waals surface area contributed by atoms with E-state index in [1.54, 1.807) is 0 Å². The number of carbonyl (C=O) groups excluding carboxylic acids is 1. The van der Waals surface area contributed by atoms with E-state index < -0.39 is 0 Å². The van der Waals surface area contributed by atoms with Gasteiger partial charge in [-0.2, -0.15) is 0 Å². The zero-order valence-corrected chi connectivity index (χ0v) is 18.6. The molecular formula is C25H33N3O2. The number of likely N-dealkylation sites (N-methyl/N-ethyl adjacent to an activating group) is 1. The number of ether oxygens (including phenoxy) is 1. The van der Waals surface area contributed by atoms with Gasteiger partial charge in [0.15, 0.2) is 0 Å². The van der Waals surface area contributed by atoms with Gasteiger partial charge in [-0.05, 0) is 63.1 Å². The van der Waals surface area contributed by atoms with Crippen LogP contribution in [0.5, 0.6) is 5.75 Å². The highest BCUT2D eigenvalue weighted by Gasteiger charge is 2.41. The Morgan fingerprint density at radius 2 is 1.70 bits per heavy atom. The largest absolute Gasteiger partial charge is 0.486 e. The quantitative estimate of drug-likeness (QED) is 0.770. The normalized spacial score (nSPS) is 23.9. The molecule has 0 radical (unpaired) electrons. The van der Waals surface area contributed by atoms with E-state index >= 15 is 0 Å². The van der Waals surface area contributed by atoms with Crippen LogP contribution in [0.3, 0.4) is 0 Å². The zero-order chi connectivity index (χ0) is 21.3. The molecular weight excluding hydrogens is 374 g/mol. The number of benzene rings is 2. The first kappa shape index (κ1) is 20.7. The number of carbonyl (C=O) groups is 1. The Morgan fingerprint density at radius 1 is 1.03 bits per heavy atom. The minimum Gasteiger partial charge on any atom is -0.486 e. The van der Waals surface area contributed by atoms with Gasteiger partial charge < -0.3 is 14.5 Å². The summed E-state index contributed by atoms with van der Waals surface area (Å²) in [5.41, 5.74) is 2.95. The molecule has 2 aromatic rings. The highest BCUT2D eigenvalue weighted by Crippen LogP contribution is 2.39. The number of anilines is 1. The molecule has 5 nitrogen and oxygen atoms in total. The minimum atomic E-state index is -0.158. The van der Waals surface area contributed by atoms with Crippen LogP contribution in [0.15, 0.2) is 48.5 Å². The topological polar surface area (TPSA) is 36.0 Å². The Kier molecular flexibility index (Phi) is 5.74. The number of hydrogen-bond donors (Lipinski definition) is 0. The van der Waals surface area contributed by atoms with Crippen LogP contribution >= 0.6 is 0 Å². The smallest absolute Gasteiger partial charge is 0.253 e. The minimum absolute atomic E-state index is 0.102. The van der Waals surface area contributed by atoms with Gasteiger partial charge in [-0.1, -0.05) is 18.2 Å². The van der Waals surface area contributed by atoms with Crippen molar-refractivity contribution < 1.29 is 9.53 Å². The average molecular weight is 408 g/mol. The maximum atomic E-state index is 13.0. The molecule has 0 bridgehead atoms. The summed E-state index contributed by atoms with van der Waals surface area (Å²) >= 11 is 0. The molecule has 1 aliphatic carbocycles. The number of hydrogen-bond acceptors (Lipinski definition) is 4. The molecule has 1 aliphatic heterocycles. The molecule has 160 valence electrons. The number of fused-ring (bicyclic) bond motifs is 1. The molecule has 0 unspecified atom stereocenters. The summed E-state index contributed by atoms with van der Waals surface area (Å²) in [6.45, 7) is 1.85. The molecule has 0 saturated heterocycles. The van der Waals surface area contributed by atoms with Crippen LogP contribution < -0.4 is 9.64 Å². The van der Waals surface area contributed by atoms with Crippen molar-refractivity contribution in [2.45, 2.75) is 43.9 Å². The molecule has 30 heavy (non-hydrogen) atoms. The second kappa shape index (κ2) is 8.31. The van der Waals surface area contributed by atoms with E-state index in [0.29, 0.717) is 0 Å². The lowest BCUT2D eigenvalue weighted by Crippen LogP contribution is -2.51. The summed E-state index contributed by atoms with van der Waals surface area (Å²) in [6, 6.07) is 16.5. The van der Waals surface area contributed by atoms with Gasteiger partial charge in [0.05, 0.1) is 0 Å². The third-order valence-electron chi connectivity index (χ3n) is 6.66. The van der Waals surface area contributed by atoms with Gasteiger partial charge in [-0.15, -0.1) is 0 Å². The first-order valence-corrected chi connectivity index (χ1v) is 10.9. The van der Waals surface area contributed by atoms with Gasteiger partial charge in [0, 0.05) is 57.1 Å². The first-order chi connectivity index (χ1) is 14.4. The lowest BCUT2D eigenvalue weighted by atomic mass is 9.81. The van der Waals surface area contributed by atoms with Crippen LogP contribution in [0.4, 0.5) is 5.69 Å². The molecule has 5 heteroatoms. The van der Waals surface area contributed by atoms with Crippen LogP contribution in [0, 0.1) is 0 Å². The zero-order valence-electron chi connectivity index (χ0n) is 18.6. The lowest BCUT2D eigenvalue weighted by molar-refractivity contribution is -0.00842. The maximum Gasteiger partial charge on any atom is 0.253 e. The number of nitrogens with zero attached hydrogens (tertiary/aromatic N) is 3. The van der Waals surface area contributed by atoms with Crippen molar-refractivity contribution in [3.63, 3.8) is 0 Å². The third kappa shape index (κ3) is 4.17. The highest BCUT2D eigenvalue weighted by molar-refractivity contribution is 5.94. The summed E-state index contributed by atoms with van der Waals surface area (Å²) in [6.07, 6.45) is 3.86. The summed E-state index contributed by atoms with van der Waals surface area (Å²) in [7, 11) is 8.13. The van der Waals surface area contributed by atoms with Crippen LogP contribution in [0.1, 0.15) is 41.6 Å². The Balaban J connectivity index is 1.43. The average Bonchev–Trinajstić information content (AvgIpc) is 2.88. The second-order valence-corrected chi connectivity index (χ2v) is 9.15. The molecule has 0 N–H and O–H groups in total. The molecule has 1 heterocycles. The summed E-state index contributed by atoms with van der Waals surface area (Å²) < 4.78 is 6.61. The molecule has 1 saturated carbocycles. The summed E-state index contributed by atoms with van der Waals surface area (Å²) in [5, 5.41) is 0. The Labute approximate surface area is 180 Å². The van der Waals surface area contributed by atoms with Gasteiger partial charge in [-0.3, -0.25) is 9.69 Å². The van der Waals surface area contributed by atoms with Gasteiger partial charge >= 0.3 is 0 Å². The van der Waals surface area contributed by atoms with Crippen molar-refractivity contribution in [3.8, 4) is 5.75 Å². The van der Waals surface area contributed by atoms with Crippen molar-refractivity contribution >= 4 is 11.6 Å². The van der Waals surface area contributed by atoms with E-state index in [2.05, 4.69) is 36.2 Å². The Hall–Kier alpha value is -2.53. The van der Waals surface area contributed by atoms with Crippen LogP contribution in [-0.4, -0.2) is 62.1 Å². The predicted octanol–water partition coefficient (Wildman–Crippen LogP) is 4.03. The van der Waals surface area contributed by atoms with E-state index in [4.69, 9.17) is 4.74 Å². The van der Waals surface area contributed by atoms with Crippen LogP contribution in [-0.2, 0) is 6.54 Å². The lowest BCUT2D eigenvalue weighted by Gasteiger charge is -2.43. The highest BCUT2D eigenvalue weighted by atomic mass is 16.5. The monoisotopic (exact) mass is 407 g/mol. The Morgan fingerprint density at radius 3 is 2.37 bits per heavy atom. The van der Waals surface area contributed by atoms with Gasteiger partial charge in [-0.25, -0.2) is 0 Å². The SMILES string of the molecule is CN1Cc2ccccc2OC2(CCC(N(C)C(=O)c3ccc(N(C)C)cc3)CC2)C1. The molecule has 2 aromatic carbocycles. The van der Waals surface area contributed by atoms with Gasteiger partial charge in [0.1, 0.15) is 11.4 Å². The molecule has 1 amide bonds. The second-order valence-electron chi connectivity index (χ2n) is 9.15. The standard InChI is InChI=1S/C25H33N3O2/c1-26(2)21-11-9-19(10-12-21)24(29)28(4)22-13-15-25(16-14-22)18-27(3)17-20-7-5-6-8-23(20)30-25/h5-12,22H,13-18H2,1-4H3.